The lowest BCUT2D eigenvalue weighted by Gasteiger charge is -2.18. The molecule has 1 amide bonds. The number of amides is 1. The largest absolute Gasteiger partial charge is 0.493 e. The highest BCUT2D eigenvalue weighted by atomic mass is 19.1. The molecule has 2 aromatic rings. The Hall–Kier alpha value is -2.47. The van der Waals surface area contributed by atoms with Gasteiger partial charge in [0, 0.05) is 25.0 Å². The monoisotopic (exact) mass is 332 g/mol. The van der Waals surface area contributed by atoms with Crippen LogP contribution in [-0.2, 0) is 0 Å². The Morgan fingerprint density at radius 2 is 1.79 bits per heavy atom. The van der Waals surface area contributed by atoms with Crippen molar-refractivity contribution in [1.82, 2.24) is 4.90 Å². The summed E-state index contributed by atoms with van der Waals surface area (Å²) in [7, 11) is 1.21. The number of halogens is 2. The number of carbonyl (C=O) groups excluding carboxylic acids is 1. The van der Waals surface area contributed by atoms with E-state index in [0.717, 1.165) is 17.7 Å². The fourth-order valence-corrected chi connectivity index (χ4v) is 3.14. The fraction of sp³-hybridized carbons (Fsp3) is 0.278. The highest BCUT2D eigenvalue weighted by molar-refractivity contribution is 5.97. The van der Waals surface area contributed by atoms with Crippen molar-refractivity contribution in [3.63, 3.8) is 0 Å². The van der Waals surface area contributed by atoms with Crippen molar-refractivity contribution in [2.75, 3.05) is 20.2 Å². The van der Waals surface area contributed by atoms with Crippen LogP contribution in [0.25, 0.3) is 0 Å². The maximum absolute atomic E-state index is 14.1. The molecule has 0 bridgehead atoms. The van der Waals surface area contributed by atoms with Crippen molar-refractivity contribution in [2.45, 2.75) is 12.0 Å². The molecule has 0 aromatic heterocycles. The summed E-state index contributed by atoms with van der Waals surface area (Å²) in [6.07, 6.45) is 0. The third-order valence-corrected chi connectivity index (χ3v) is 4.36. The molecule has 1 fully saturated rings. The molecule has 0 unspecified atom stereocenters. The first-order valence-corrected chi connectivity index (χ1v) is 7.64. The third-order valence-electron chi connectivity index (χ3n) is 4.36. The SMILES string of the molecule is COc1c(F)ccc(F)c1C(=O)N1C[C@@H](N)[C@H](c2ccccc2)C1. The minimum Gasteiger partial charge on any atom is -0.493 e. The number of benzene rings is 2. The Morgan fingerprint density at radius 1 is 1.12 bits per heavy atom. The van der Waals surface area contributed by atoms with Crippen LogP contribution in [0, 0.1) is 11.6 Å². The van der Waals surface area contributed by atoms with Crippen LogP contribution in [0.15, 0.2) is 42.5 Å². The van der Waals surface area contributed by atoms with Crippen molar-refractivity contribution in [3.8, 4) is 5.75 Å². The molecule has 1 aliphatic heterocycles. The van der Waals surface area contributed by atoms with Gasteiger partial charge in [-0.2, -0.15) is 0 Å². The standard InChI is InChI=1S/C18H18F2N2O2/c1-24-17-14(20)8-7-13(19)16(17)18(23)22-9-12(15(21)10-22)11-5-3-2-4-6-11/h2-8,12,15H,9-10,21H2,1H3/t12-,15+/m0/s1. The second kappa shape index (κ2) is 6.57. The molecule has 1 heterocycles. The topological polar surface area (TPSA) is 55.6 Å². The zero-order valence-electron chi connectivity index (χ0n) is 13.2. The first-order chi connectivity index (χ1) is 11.5. The normalized spacial score (nSPS) is 20.2. The van der Waals surface area contributed by atoms with Crippen molar-refractivity contribution >= 4 is 5.91 Å². The van der Waals surface area contributed by atoms with E-state index in [9.17, 15) is 13.6 Å². The van der Waals surface area contributed by atoms with Gasteiger partial charge in [0.1, 0.15) is 11.4 Å². The molecule has 3 rings (SSSR count). The predicted molar refractivity (Wildman–Crippen MR) is 86.0 cm³/mol. The molecule has 0 radical (unpaired) electrons. The highest BCUT2D eigenvalue weighted by Gasteiger charge is 2.36. The summed E-state index contributed by atoms with van der Waals surface area (Å²) in [4.78, 5) is 14.2. The van der Waals surface area contributed by atoms with Gasteiger partial charge in [-0.05, 0) is 17.7 Å². The number of nitrogens with zero attached hydrogens (tertiary/aromatic N) is 1. The van der Waals surface area contributed by atoms with Crippen LogP contribution in [0.3, 0.4) is 0 Å². The lowest BCUT2D eigenvalue weighted by molar-refractivity contribution is 0.0779. The molecule has 6 heteroatoms. The number of likely N-dealkylation sites (tertiary alicyclic amines) is 1. The summed E-state index contributed by atoms with van der Waals surface area (Å²) in [5.74, 6) is -2.62. The van der Waals surface area contributed by atoms with Gasteiger partial charge in [-0.1, -0.05) is 30.3 Å². The van der Waals surface area contributed by atoms with Crippen molar-refractivity contribution < 1.29 is 18.3 Å². The Morgan fingerprint density at radius 3 is 2.46 bits per heavy atom. The molecule has 2 aromatic carbocycles. The second-order valence-electron chi connectivity index (χ2n) is 5.83. The molecule has 24 heavy (non-hydrogen) atoms. The van der Waals surface area contributed by atoms with Gasteiger partial charge < -0.3 is 15.4 Å². The Bertz CT molecular complexity index is 752. The van der Waals surface area contributed by atoms with Gasteiger partial charge in [-0.3, -0.25) is 4.79 Å². The maximum atomic E-state index is 14.1. The van der Waals surface area contributed by atoms with Crippen molar-refractivity contribution in [3.05, 3.63) is 65.2 Å². The molecule has 4 nitrogen and oxygen atoms in total. The van der Waals surface area contributed by atoms with Crippen molar-refractivity contribution in [1.29, 1.82) is 0 Å². The summed E-state index contributed by atoms with van der Waals surface area (Å²) >= 11 is 0. The number of hydrogen-bond acceptors (Lipinski definition) is 3. The van der Waals surface area contributed by atoms with E-state index in [0.29, 0.717) is 6.54 Å². The summed E-state index contributed by atoms with van der Waals surface area (Å²) < 4.78 is 32.8. The molecular formula is C18H18F2N2O2. The van der Waals surface area contributed by atoms with Crippen LogP contribution in [0.2, 0.25) is 0 Å². The van der Waals surface area contributed by atoms with Gasteiger partial charge >= 0.3 is 0 Å². The van der Waals surface area contributed by atoms with Crippen LogP contribution in [0.4, 0.5) is 8.78 Å². The number of carbonyl (C=O) groups is 1. The lowest BCUT2D eigenvalue weighted by atomic mass is 9.95. The smallest absolute Gasteiger partial charge is 0.260 e. The van der Waals surface area contributed by atoms with E-state index < -0.39 is 23.1 Å². The minimum absolute atomic E-state index is 0.0437. The molecule has 1 saturated heterocycles. The quantitative estimate of drug-likeness (QED) is 0.940. The van der Waals surface area contributed by atoms with Crippen LogP contribution in [0.5, 0.6) is 5.75 Å². The van der Waals surface area contributed by atoms with E-state index in [4.69, 9.17) is 10.5 Å². The van der Waals surface area contributed by atoms with Gasteiger partial charge in [0.15, 0.2) is 11.6 Å². The first kappa shape index (κ1) is 16.4. The Labute approximate surface area is 138 Å². The van der Waals surface area contributed by atoms with Crippen LogP contribution in [-0.4, -0.2) is 37.0 Å². The third kappa shape index (κ3) is 2.85. The van der Waals surface area contributed by atoms with E-state index in [2.05, 4.69) is 0 Å². The van der Waals surface area contributed by atoms with Gasteiger partial charge in [-0.25, -0.2) is 8.78 Å². The number of methoxy groups -OCH3 is 1. The van der Waals surface area contributed by atoms with Gasteiger partial charge in [0.2, 0.25) is 0 Å². The van der Waals surface area contributed by atoms with E-state index in [1.165, 1.54) is 12.0 Å². The van der Waals surface area contributed by atoms with Crippen LogP contribution in [0.1, 0.15) is 21.8 Å². The maximum Gasteiger partial charge on any atom is 0.260 e. The molecule has 0 saturated carbocycles. The Balaban J connectivity index is 1.89. The molecule has 2 atom stereocenters. The summed E-state index contributed by atoms with van der Waals surface area (Å²) in [6, 6.07) is 11.2. The number of nitrogens with two attached hydrogens (primary N) is 1. The average Bonchev–Trinajstić information content (AvgIpc) is 2.98. The zero-order chi connectivity index (χ0) is 17.3. The zero-order valence-corrected chi connectivity index (χ0v) is 13.2. The molecule has 1 aliphatic rings. The molecule has 0 spiro atoms. The van der Waals surface area contributed by atoms with Gasteiger partial charge in [-0.15, -0.1) is 0 Å². The van der Waals surface area contributed by atoms with Gasteiger partial charge in [0.05, 0.1) is 7.11 Å². The minimum atomic E-state index is -0.810. The first-order valence-electron chi connectivity index (χ1n) is 7.64. The van der Waals surface area contributed by atoms with Crippen LogP contribution >= 0.6 is 0 Å². The second-order valence-corrected chi connectivity index (χ2v) is 5.83. The predicted octanol–water partition coefficient (Wildman–Crippen LogP) is 2.54. The average molecular weight is 332 g/mol. The number of ether oxygens (including phenoxy) is 1. The summed E-state index contributed by atoms with van der Waals surface area (Å²) in [5, 5.41) is 0. The van der Waals surface area contributed by atoms with E-state index in [1.54, 1.807) is 0 Å². The van der Waals surface area contributed by atoms with Gasteiger partial charge in [0.25, 0.3) is 5.91 Å². The Kier molecular flexibility index (Phi) is 4.49. The van der Waals surface area contributed by atoms with Crippen LogP contribution < -0.4 is 10.5 Å². The molecule has 0 aliphatic carbocycles. The van der Waals surface area contributed by atoms with E-state index in [1.807, 2.05) is 30.3 Å². The number of hydrogen-bond donors (Lipinski definition) is 1. The fourth-order valence-electron chi connectivity index (χ4n) is 3.14. The highest BCUT2D eigenvalue weighted by Crippen LogP contribution is 2.31. The van der Waals surface area contributed by atoms with E-state index >= 15 is 0 Å². The van der Waals surface area contributed by atoms with E-state index in [-0.39, 0.29) is 24.3 Å². The summed E-state index contributed by atoms with van der Waals surface area (Å²) in [6.45, 7) is 0.626. The van der Waals surface area contributed by atoms with Crippen molar-refractivity contribution in [2.24, 2.45) is 5.73 Å². The molecule has 126 valence electrons. The lowest BCUT2D eigenvalue weighted by Crippen LogP contribution is -2.33. The summed E-state index contributed by atoms with van der Waals surface area (Å²) in [5.41, 5.74) is 6.79. The molecular weight excluding hydrogens is 314 g/mol. The number of rotatable bonds is 3. The molecule has 2 N–H and O–H groups in total.